The van der Waals surface area contributed by atoms with Gasteiger partial charge in [-0.15, -0.1) is 0 Å². The van der Waals surface area contributed by atoms with Gasteiger partial charge in [-0.05, 0) is 38.1 Å². The molecular formula is C17H20N2O7. The van der Waals surface area contributed by atoms with Crippen LogP contribution in [0.4, 0.5) is 0 Å². The average Bonchev–Trinajstić information content (AvgIpc) is 2.64. The van der Waals surface area contributed by atoms with Crippen LogP contribution in [0.5, 0.6) is 5.75 Å². The monoisotopic (exact) mass is 364 g/mol. The summed E-state index contributed by atoms with van der Waals surface area (Å²) in [7, 11) is 0. The predicted molar refractivity (Wildman–Crippen MR) is 90.0 cm³/mol. The Morgan fingerprint density at radius 3 is 2.19 bits per heavy atom. The fourth-order valence-electron chi connectivity index (χ4n) is 1.59. The largest absolute Gasteiger partial charge is 0.484 e. The van der Waals surface area contributed by atoms with Crippen LogP contribution >= 0.6 is 0 Å². The maximum Gasteiger partial charge on any atom is 0.338 e. The molecule has 0 heterocycles. The van der Waals surface area contributed by atoms with Gasteiger partial charge >= 0.3 is 11.9 Å². The summed E-state index contributed by atoms with van der Waals surface area (Å²) in [5.74, 6) is -2.07. The molecule has 2 amide bonds. The molecule has 0 fully saturated rings. The summed E-state index contributed by atoms with van der Waals surface area (Å²) in [6.07, 6.45) is 1.86. The van der Waals surface area contributed by atoms with E-state index in [1.807, 2.05) is 0 Å². The van der Waals surface area contributed by atoms with Crippen LogP contribution in [0, 0.1) is 0 Å². The van der Waals surface area contributed by atoms with Gasteiger partial charge < -0.3 is 14.2 Å². The summed E-state index contributed by atoms with van der Waals surface area (Å²) < 4.78 is 14.7. The first-order valence-corrected chi connectivity index (χ1v) is 7.79. The molecule has 9 heteroatoms. The molecule has 0 aliphatic carbocycles. The third-order valence-corrected chi connectivity index (χ3v) is 2.72. The zero-order chi connectivity index (χ0) is 19.4. The lowest BCUT2D eigenvalue weighted by atomic mass is 10.2. The van der Waals surface area contributed by atoms with Crippen molar-refractivity contribution in [3.8, 4) is 5.75 Å². The number of hydrogen-bond acceptors (Lipinski definition) is 7. The first-order chi connectivity index (χ1) is 12.5. The van der Waals surface area contributed by atoms with Crippen molar-refractivity contribution in [2.45, 2.75) is 13.8 Å². The highest BCUT2D eigenvalue weighted by atomic mass is 16.5. The van der Waals surface area contributed by atoms with Crippen molar-refractivity contribution in [3.63, 3.8) is 0 Å². The van der Waals surface area contributed by atoms with Crippen molar-refractivity contribution in [2.24, 2.45) is 0 Å². The van der Waals surface area contributed by atoms with E-state index in [1.165, 1.54) is 24.3 Å². The van der Waals surface area contributed by atoms with Gasteiger partial charge in [0, 0.05) is 12.2 Å². The van der Waals surface area contributed by atoms with E-state index in [-0.39, 0.29) is 19.8 Å². The lowest BCUT2D eigenvalue weighted by molar-refractivity contribution is -0.137. The Hall–Kier alpha value is -3.36. The standard InChI is InChI=1S/C17H20N2O7/c1-3-24-16(22)10-9-14(20)18-19-15(21)11-26-13-7-5-12(6-8-13)17(23)25-4-2/h5-10H,3-4,11H2,1-2H3,(H,18,20)(H,19,21)/b10-9+. The summed E-state index contributed by atoms with van der Waals surface area (Å²) in [4.78, 5) is 45.5. The van der Waals surface area contributed by atoms with Crippen LogP contribution in [0.2, 0.25) is 0 Å². The van der Waals surface area contributed by atoms with E-state index >= 15 is 0 Å². The molecule has 0 saturated heterocycles. The molecule has 0 atom stereocenters. The van der Waals surface area contributed by atoms with Gasteiger partial charge in [-0.25, -0.2) is 9.59 Å². The number of rotatable bonds is 8. The smallest absolute Gasteiger partial charge is 0.338 e. The van der Waals surface area contributed by atoms with E-state index in [0.29, 0.717) is 11.3 Å². The topological polar surface area (TPSA) is 120 Å². The fourth-order valence-corrected chi connectivity index (χ4v) is 1.59. The zero-order valence-corrected chi connectivity index (χ0v) is 14.4. The molecule has 0 aliphatic rings. The number of hydrazine groups is 1. The summed E-state index contributed by atoms with van der Waals surface area (Å²) in [5, 5.41) is 0. The molecule has 2 N–H and O–H groups in total. The number of carbonyl (C=O) groups is 4. The van der Waals surface area contributed by atoms with Crippen LogP contribution in [0.1, 0.15) is 24.2 Å². The Labute approximate surface area is 150 Å². The quantitative estimate of drug-likeness (QED) is 0.392. The highest BCUT2D eigenvalue weighted by molar-refractivity contribution is 5.95. The molecular weight excluding hydrogens is 344 g/mol. The van der Waals surface area contributed by atoms with E-state index in [4.69, 9.17) is 9.47 Å². The van der Waals surface area contributed by atoms with Crippen LogP contribution in [-0.2, 0) is 23.9 Å². The Morgan fingerprint density at radius 1 is 0.923 bits per heavy atom. The van der Waals surface area contributed by atoms with Crippen LogP contribution < -0.4 is 15.6 Å². The maximum atomic E-state index is 11.6. The molecule has 0 unspecified atom stereocenters. The van der Waals surface area contributed by atoms with E-state index in [2.05, 4.69) is 15.6 Å². The van der Waals surface area contributed by atoms with E-state index in [0.717, 1.165) is 12.2 Å². The Bertz CT molecular complexity index is 668. The minimum Gasteiger partial charge on any atom is -0.484 e. The summed E-state index contributed by atoms with van der Waals surface area (Å²) in [5.41, 5.74) is 4.56. The summed E-state index contributed by atoms with van der Waals surface area (Å²) in [6.45, 7) is 3.45. The second kappa shape index (κ2) is 11.2. The SMILES string of the molecule is CCOC(=O)/C=C/C(=O)NNC(=O)COc1ccc(C(=O)OCC)cc1. The molecule has 1 aromatic rings. The Kier molecular flexibility index (Phi) is 8.94. The van der Waals surface area contributed by atoms with Crippen LogP contribution in [0.25, 0.3) is 0 Å². The predicted octanol–water partition coefficient (Wildman–Crippen LogP) is 0.509. The highest BCUT2D eigenvalue weighted by Gasteiger charge is 2.07. The van der Waals surface area contributed by atoms with Gasteiger partial charge in [0.1, 0.15) is 5.75 Å². The third kappa shape index (κ3) is 7.95. The Balaban J connectivity index is 2.34. The van der Waals surface area contributed by atoms with Crippen molar-refractivity contribution >= 4 is 23.8 Å². The lowest BCUT2D eigenvalue weighted by Crippen LogP contribution is -2.43. The third-order valence-electron chi connectivity index (χ3n) is 2.72. The van der Waals surface area contributed by atoms with Gasteiger partial charge in [0.2, 0.25) is 0 Å². The van der Waals surface area contributed by atoms with Crippen LogP contribution in [0.15, 0.2) is 36.4 Å². The van der Waals surface area contributed by atoms with E-state index in [1.54, 1.807) is 13.8 Å². The number of benzene rings is 1. The summed E-state index contributed by atoms with van der Waals surface area (Å²) >= 11 is 0. The van der Waals surface area contributed by atoms with Crippen molar-refractivity contribution in [1.29, 1.82) is 0 Å². The molecule has 1 rings (SSSR count). The van der Waals surface area contributed by atoms with Crippen molar-refractivity contribution < 1.29 is 33.4 Å². The number of ether oxygens (including phenoxy) is 3. The van der Waals surface area contributed by atoms with Gasteiger partial charge in [0.25, 0.3) is 11.8 Å². The normalized spacial score (nSPS) is 10.1. The van der Waals surface area contributed by atoms with Crippen molar-refractivity contribution in [2.75, 3.05) is 19.8 Å². The van der Waals surface area contributed by atoms with Gasteiger partial charge in [-0.2, -0.15) is 0 Å². The van der Waals surface area contributed by atoms with Gasteiger partial charge in [-0.1, -0.05) is 0 Å². The second-order valence-corrected chi connectivity index (χ2v) is 4.66. The van der Waals surface area contributed by atoms with Crippen molar-refractivity contribution in [3.05, 3.63) is 42.0 Å². The molecule has 26 heavy (non-hydrogen) atoms. The van der Waals surface area contributed by atoms with Crippen LogP contribution in [0.3, 0.4) is 0 Å². The van der Waals surface area contributed by atoms with Gasteiger partial charge in [0.15, 0.2) is 6.61 Å². The number of nitrogens with one attached hydrogen (secondary N) is 2. The second-order valence-electron chi connectivity index (χ2n) is 4.66. The number of amides is 2. The minimum absolute atomic E-state index is 0.194. The van der Waals surface area contributed by atoms with E-state index < -0.39 is 23.8 Å². The van der Waals surface area contributed by atoms with Crippen molar-refractivity contribution in [1.82, 2.24) is 10.9 Å². The maximum absolute atomic E-state index is 11.6. The van der Waals surface area contributed by atoms with Crippen LogP contribution in [-0.4, -0.2) is 43.6 Å². The fraction of sp³-hybridized carbons (Fsp3) is 0.294. The van der Waals surface area contributed by atoms with Gasteiger partial charge in [0.05, 0.1) is 18.8 Å². The average molecular weight is 364 g/mol. The number of hydrogen-bond donors (Lipinski definition) is 2. The number of esters is 2. The minimum atomic E-state index is -0.704. The first-order valence-electron chi connectivity index (χ1n) is 7.79. The molecule has 0 radical (unpaired) electrons. The molecule has 1 aromatic carbocycles. The molecule has 9 nitrogen and oxygen atoms in total. The molecule has 0 spiro atoms. The molecule has 0 bridgehead atoms. The molecule has 0 aliphatic heterocycles. The Morgan fingerprint density at radius 2 is 1.58 bits per heavy atom. The highest BCUT2D eigenvalue weighted by Crippen LogP contribution is 2.12. The lowest BCUT2D eigenvalue weighted by Gasteiger charge is -2.08. The van der Waals surface area contributed by atoms with Gasteiger partial charge in [-0.3, -0.25) is 20.4 Å². The summed E-state index contributed by atoms with van der Waals surface area (Å²) in [6, 6.07) is 6.04. The zero-order valence-electron chi connectivity index (χ0n) is 14.4. The molecule has 0 aromatic heterocycles. The number of carbonyl (C=O) groups excluding carboxylic acids is 4. The molecule has 0 saturated carbocycles. The van der Waals surface area contributed by atoms with E-state index in [9.17, 15) is 19.2 Å². The molecule has 140 valence electrons. The first kappa shape index (κ1) is 20.7.